The van der Waals surface area contributed by atoms with Gasteiger partial charge in [0.25, 0.3) is 0 Å². The summed E-state index contributed by atoms with van der Waals surface area (Å²) in [4.78, 5) is 131. The number of rotatable bonds is 19. The molecule has 0 atom stereocenters. The number of hydrogen-bond acceptors (Lipinski definition) is 19. The van der Waals surface area contributed by atoms with Gasteiger partial charge < -0.3 is 23.7 Å². The van der Waals surface area contributed by atoms with E-state index in [0.29, 0.717) is 31.4 Å². The second-order valence-electron chi connectivity index (χ2n) is 22.1. The summed E-state index contributed by atoms with van der Waals surface area (Å²) in [7, 11) is -2.67. The molecule has 0 aliphatic carbocycles. The fourth-order valence-corrected chi connectivity index (χ4v) is 4.17. The van der Waals surface area contributed by atoms with E-state index in [-0.39, 0.29) is 144 Å². The van der Waals surface area contributed by atoms with Gasteiger partial charge in [-0.2, -0.15) is 0 Å². The average Bonchev–Trinajstić information content (AvgIpc) is 3.28. The number of carbonyl (C=O) groups excluding carboxylic acids is 12. The molecule has 0 aromatic heterocycles. The van der Waals surface area contributed by atoms with Gasteiger partial charge in [0.05, 0.1) is 17.3 Å². The van der Waals surface area contributed by atoms with Crippen LogP contribution in [0, 0.1) is 45.3 Å². The zero-order valence-corrected chi connectivity index (χ0v) is 51.7. The maximum Gasteiger partial charge on any atom is 0.311 e. The molecule has 0 aromatic rings. The highest BCUT2D eigenvalue weighted by atomic mass is 32.2. The lowest BCUT2D eigenvalue weighted by Gasteiger charge is -2.22. The molecule has 0 radical (unpaired) electrons. The van der Waals surface area contributed by atoms with Crippen molar-refractivity contribution in [3.05, 3.63) is 0 Å². The lowest BCUT2D eigenvalue weighted by molar-refractivity contribution is -0.172. The molecule has 0 saturated heterocycles. The van der Waals surface area contributed by atoms with Crippen LogP contribution in [0.4, 0.5) is 0 Å². The third-order valence-electron chi connectivity index (χ3n) is 8.53. The fourth-order valence-electron chi connectivity index (χ4n) is 3.42. The number of ether oxygens (including phenoxy) is 5. The number of carbonyl (C=O) groups is 12. The van der Waals surface area contributed by atoms with Gasteiger partial charge in [-0.25, -0.2) is 8.42 Å². The highest BCUT2D eigenvalue weighted by Gasteiger charge is 2.35. The number of Topliss-reactive ketones (excluding diaryl/α,β-unsaturated/α-hetero) is 7. The Kier molecular flexibility index (Phi) is 62.9. The standard InChI is InChI=1S/C11H20O3.C10H18O2.C9H16O4.C8H14O2.C7H12O4.C6H10O2.C4H10O2S.4CH4/c1-10(2,3)8(12)7-14-9(13)11(4,5)6;1-9(2,3)7(11)8(12)10(4,5)6;1-6(2)8(10)12-5-13-9(11)7(3)4;1-5(2)7(9)8(10)6(3)4;1-3-6(8)10-5-11-7(9)4-2;1-3-5(7)6(8)4-2;1-3-4-7(2,5)6;;;;/h7H2,1-6H3;1-6H3;6-7H,5H2,1-4H3;5-6H,1-4H3;3-5H2,1-2H3;3-4H2,1-2H3;3-4H2,1-2H3;4*1H4. The van der Waals surface area contributed by atoms with Crippen LogP contribution in [0.5, 0.6) is 0 Å². The van der Waals surface area contributed by atoms with Crippen LogP contribution in [0.15, 0.2) is 0 Å². The maximum absolute atomic E-state index is 11.5. The Morgan fingerprint density at radius 3 is 0.835 bits per heavy atom. The van der Waals surface area contributed by atoms with Gasteiger partial charge in [-0.15, -0.1) is 0 Å². The SMILES string of the molecule is C.C.C.C.CC(C)(C)C(=O)C(=O)C(C)(C)C.CC(C)(C)C(=O)COC(=O)C(C)(C)C.CC(C)C(=O)C(=O)C(C)C.CC(C)C(=O)OCOC(=O)C(C)C.CCC(=O)C(=O)CC.CCC(=O)OCOC(=O)CC.CCCS(C)(=O)=O. The normalized spacial score (nSPS) is 10.4. The van der Waals surface area contributed by atoms with Crippen molar-refractivity contribution >= 4 is 80.2 Å². The molecule has 0 aromatic carbocycles. The minimum Gasteiger partial charge on any atom is -0.457 e. The summed E-state index contributed by atoms with van der Waals surface area (Å²) in [6.45, 7) is 43.0. The number of hydrogen-bond donors (Lipinski definition) is 0. The number of esters is 5. The highest BCUT2D eigenvalue weighted by molar-refractivity contribution is 7.90. The Morgan fingerprint density at radius 1 is 0.392 bits per heavy atom. The molecule has 0 saturated carbocycles. The van der Waals surface area contributed by atoms with E-state index in [1.807, 2.05) is 6.92 Å². The molecule has 19 nitrogen and oxygen atoms in total. The number of ketones is 7. The quantitative estimate of drug-likeness (QED) is 0.0502. The van der Waals surface area contributed by atoms with E-state index in [0.717, 1.165) is 6.42 Å². The molecule has 0 bridgehead atoms. The van der Waals surface area contributed by atoms with Crippen LogP contribution in [0.25, 0.3) is 0 Å². The molecule has 0 aliphatic rings. The Balaban J connectivity index is -0.0000000760. The first-order chi connectivity index (χ1) is 33.5. The van der Waals surface area contributed by atoms with E-state index < -0.39 is 31.5 Å². The van der Waals surface area contributed by atoms with Gasteiger partial charge in [0.2, 0.25) is 36.7 Å². The summed E-state index contributed by atoms with van der Waals surface area (Å²) in [6.07, 6.45) is 3.24. The first-order valence-electron chi connectivity index (χ1n) is 25.3. The smallest absolute Gasteiger partial charge is 0.311 e. The summed E-state index contributed by atoms with van der Waals surface area (Å²) in [5.41, 5.74) is -2.09. The Hall–Kier alpha value is -5.01. The largest absolute Gasteiger partial charge is 0.457 e. The Labute approximate surface area is 480 Å². The molecule has 79 heavy (non-hydrogen) atoms. The van der Waals surface area contributed by atoms with Crippen LogP contribution in [0.3, 0.4) is 0 Å². The molecule has 0 aliphatic heterocycles. The third kappa shape index (κ3) is 63.7. The molecule has 0 rings (SSSR count). The first-order valence-corrected chi connectivity index (χ1v) is 27.3. The summed E-state index contributed by atoms with van der Waals surface area (Å²) >= 11 is 0. The van der Waals surface area contributed by atoms with E-state index in [1.54, 1.807) is 166 Å². The van der Waals surface area contributed by atoms with Gasteiger partial charge in [0.15, 0.2) is 24.0 Å². The molecular formula is C59H116O19S. The molecule has 472 valence electrons. The predicted octanol–water partition coefficient (Wildman–Crippen LogP) is 12.0. The second kappa shape index (κ2) is 50.0. The second-order valence-corrected chi connectivity index (χ2v) is 24.4. The lowest BCUT2D eigenvalue weighted by atomic mass is 9.79. The Morgan fingerprint density at radius 2 is 0.671 bits per heavy atom. The van der Waals surface area contributed by atoms with E-state index >= 15 is 0 Å². The Bertz CT molecular complexity index is 1780. The van der Waals surface area contributed by atoms with Crippen LogP contribution in [-0.2, 0) is 91.1 Å². The van der Waals surface area contributed by atoms with Crippen LogP contribution in [0.2, 0.25) is 0 Å². The van der Waals surface area contributed by atoms with Crippen molar-refractivity contribution < 1.29 is 89.6 Å². The average molecular weight is 1160 g/mol. The van der Waals surface area contributed by atoms with Crippen LogP contribution >= 0.6 is 0 Å². The van der Waals surface area contributed by atoms with Crippen molar-refractivity contribution in [3.8, 4) is 0 Å². The molecule has 0 spiro atoms. The minimum atomic E-state index is -2.67. The topological polar surface area (TPSA) is 285 Å². The fraction of sp³-hybridized carbons (Fsp3) is 0.797. The molecule has 0 unspecified atom stereocenters. The molecule has 20 heteroatoms. The van der Waals surface area contributed by atoms with E-state index in [2.05, 4.69) is 18.9 Å². The lowest BCUT2D eigenvalue weighted by Crippen LogP contribution is -2.36. The minimum absolute atomic E-state index is 0. The van der Waals surface area contributed by atoms with E-state index in [1.165, 1.54) is 6.26 Å². The van der Waals surface area contributed by atoms with Crippen molar-refractivity contribution in [3.63, 3.8) is 0 Å². The van der Waals surface area contributed by atoms with Gasteiger partial charge in [-0.1, -0.05) is 182 Å². The molecule has 0 N–H and O–H groups in total. The monoisotopic (exact) mass is 1160 g/mol. The van der Waals surface area contributed by atoms with Gasteiger partial charge in [0, 0.05) is 65.8 Å². The van der Waals surface area contributed by atoms with Crippen LogP contribution in [-0.4, -0.2) is 111 Å². The zero-order chi connectivity index (χ0) is 61.6. The third-order valence-corrected chi connectivity index (χ3v) is 9.68. The van der Waals surface area contributed by atoms with Crippen molar-refractivity contribution in [1.29, 1.82) is 0 Å². The van der Waals surface area contributed by atoms with Gasteiger partial charge in [0.1, 0.15) is 9.84 Å². The molecule has 0 heterocycles. The van der Waals surface area contributed by atoms with Crippen LogP contribution < -0.4 is 0 Å². The summed E-state index contributed by atoms with van der Waals surface area (Å²) in [5, 5.41) is 0. The zero-order valence-electron chi connectivity index (χ0n) is 50.8. The molecule has 0 amide bonds. The molecule has 0 fully saturated rings. The summed E-state index contributed by atoms with van der Waals surface area (Å²) in [5.74, 6) is -3.84. The number of sulfone groups is 1. The highest BCUT2D eigenvalue weighted by Crippen LogP contribution is 2.23. The summed E-state index contributed by atoms with van der Waals surface area (Å²) in [6, 6.07) is 0. The first kappa shape index (κ1) is 99.3. The predicted molar refractivity (Wildman–Crippen MR) is 315 cm³/mol. The van der Waals surface area contributed by atoms with Gasteiger partial charge in [-0.05, 0) is 27.2 Å². The van der Waals surface area contributed by atoms with Gasteiger partial charge in [-0.3, -0.25) is 57.5 Å². The maximum atomic E-state index is 11.5. The van der Waals surface area contributed by atoms with Crippen molar-refractivity contribution in [2.24, 2.45) is 45.3 Å². The van der Waals surface area contributed by atoms with E-state index in [9.17, 15) is 66.0 Å². The van der Waals surface area contributed by atoms with Crippen molar-refractivity contribution in [1.82, 2.24) is 0 Å². The van der Waals surface area contributed by atoms with Crippen molar-refractivity contribution in [2.75, 3.05) is 32.2 Å². The van der Waals surface area contributed by atoms with E-state index in [4.69, 9.17) is 4.74 Å². The molecular weight excluding hydrogens is 1040 g/mol. The van der Waals surface area contributed by atoms with Crippen molar-refractivity contribution in [2.45, 2.75) is 235 Å². The summed E-state index contributed by atoms with van der Waals surface area (Å²) < 4.78 is 43.6. The van der Waals surface area contributed by atoms with Crippen LogP contribution in [0.1, 0.15) is 235 Å². The van der Waals surface area contributed by atoms with Gasteiger partial charge >= 0.3 is 29.8 Å².